The van der Waals surface area contributed by atoms with E-state index in [1.54, 1.807) is 36.4 Å². The normalized spacial score (nSPS) is 12.1. The molecule has 0 radical (unpaired) electrons. The van der Waals surface area contributed by atoms with Crippen LogP contribution in [0, 0.1) is 5.41 Å². The standard InChI is InChI=1S/C23H29NO6/c1-23(2,3)22(27)24-17-7-11-19(12-8-17)30-14-13-29-18-9-5-16(6-10-18)15-20(28-4)21(25)26/h5-12,20H,13-15H2,1-4H3,(H,24,27)(H,25,26)/t20-/m0/s1. The molecular formula is C23H29NO6. The molecule has 0 aromatic heterocycles. The number of anilines is 1. The van der Waals surface area contributed by atoms with E-state index in [2.05, 4.69) is 5.32 Å². The van der Waals surface area contributed by atoms with Gasteiger partial charge in [-0.3, -0.25) is 4.79 Å². The van der Waals surface area contributed by atoms with Gasteiger partial charge in [-0.25, -0.2) is 4.79 Å². The molecule has 0 bridgehead atoms. The van der Waals surface area contributed by atoms with Gasteiger partial charge < -0.3 is 24.6 Å². The Morgan fingerprint density at radius 2 is 1.43 bits per heavy atom. The van der Waals surface area contributed by atoms with Crippen LogP contribution in [0.25, 0.3) is 0 Å². The lowest BCUT2D eigenvalue weighted by atomic mass is 9.95. The Morgan fingerprint density at radius 3 is 1.87 bits per heavy atom. The van der Waals surface area contributed by atoms with Crippen molar-refractivity contribution in [1.82, 2.24) is 0 Å². The average molecular weight is 415 g/mol. The van der Waals surface area contributed by atoms with Crippen molar-refractivity contribution < 1.29 is 28.9 Å². The quantitative estimate of drug-likeness (QED) is 0.574. The van der Waals surface area contributed by atoms with E-state index in [4.69, 9.17) is 19.3 Å². The van der Waals surface area contributed by atoms with Crippen LogP contribution in [0.2, 0.25) is 0 Å². The maximum atomic E-state index is 12.0. The third-order valence-corrected chi connectivity index (χ3v) is 4.32. The van der Waals surface area contributed by atoms with Gasteiger partial charge in [0.2, 0.25) is 5.91 Å². The fraction of sp³-hybridized carbons (Fsp3) is 0.391. The minimum absolute atomic E-state index is 0.0451. The summed E-state index contributed by atoms with van der Waals surface area (Å²) in [6, 6.07) is 14.4. The van der Waals surface area contributed by atoms with E-state index in [9.17, 15) is 9.59 Å². The fourth-order valence-corrected chi connectivity index (χ4v) is 2.48. The molecule has 0 saturated carbocycles. The molecule has 7 heteroatoms. The van der Waals surface area contributed by atoms with Gasteiger partial charge in [0.15, 0.2) is 6.10 Å². The molecule has 7 nitrogen and oxygen atoms in total. The fourth-order valence-electron chi connectivity index (χ4n) is 2.48. The van der Waals surface area contributed by atoms with Crippen LogP contribution in [0.15, 0.2) is 48.5 Å². The van der Waals surface area contributed by atoms with Gasteiger partial charge >= 0.3 is 5.97 Å². The number of benzene rings is 2. The monoisotopic (exact) mass is 415 g/mol. The third kappa shape index (κ3) is 7.40. The lowest BCUT2D eigenvalue weighted by molar-refractivity contribution is -0.148. The van der Waals surface area contributed by atoms with Crippen molar-refractivity contribution in [1.29, 1.82) is 0 Å². The van der Waals surface area contributed by atoms with Crippen LogP contribution in [0.4, 0.5) is 5.69 Å². The Bertz CT molecular complexity index is 824. The van der Waals surface area contributed by atoms with Crippen molar-refractivity contribution in [2.45, 2.75) is 33.3 Å². The zero-order valence-corrected chi connectivity index (χ0v) is 17.8. The number of nitrogens with one attached hydrogen (secondary N) is 1. The number of carbonyl (C=O) groups excluding carboxylic acids is 1. The second-order valence-corrected chi connectivity index (χ2v) is 7.84. The summed E-state index contributed by atoms with van der Waals surface area (Å²) in [6.45, 7) is 6.30. The highest BCUT2D eigenvalue weighted by Gasteiger charge is 2.21. The first-order chi connectivity index (χ1) is 14.2. The van der Waals surface area contributed by atoms with E-state index in [1.165, 1.54) is 7.11 Å². The molecular weight excluding hydrogens is 386 g/mol. The summed E-state index contributed by atoms with van der Waals surface area (Å²) in [5, 5.41) is 11.9. The first-order valence-corrected chi connectivity index (χ1v) is 9.70. The van der Waals surface area contributed by atoms with Crippen LogP contribution in [0.1, 0.15) is 26.3 Å². The molecule has 30 heavy (non-hydrogen) atoms. The minimum Gasteiger partial charge on any atom is -0.490 e. The van der Waals surface area contributed by atoms with Gasteiger partial charge in [0.1, 0.15) is 24.7 Å². The predicted molar refractivity (Wildman–Crippen MR) is 114 cm³/mol. The zero-order chi connectivity index (χ0) is 22.1. The summed E-state index contributed by atoms with van der Waals surface area (Å²) < 4.78 is 16.2. The summed E-state index contributed by atoms with van der Waals surface area (Å²) in [7, 11) is 1.38. The van der Waals surface area contributed by atoms with Crippen molar-refractivity contribution in [3.63, 3.8) is 0 Å². The van der Waals surface area contributed by atoms with Gasteiger partial charge in [-0.2, -0.15) is 0 Å². The molecule has 0 spiro atoms. The van der Waals surface area contributed by atoms with Gasteiger partial charge in [-0.05, 0) is 42.0 Å². The maximum absolute atomic E-state index is 12.0. The van der Waals surface area contributed by atoms with Gasteiger partial charge in [-0.15, -0.1) is 0 Å². The predicted octanol–water partition coefficient (Wildman–Crippen LogP) is 3.77. The van der Waals surface area contributed by atoms with E-state index in [0.29, 0.717) is 31.1 Å². The molecule has 162 valence electrons. The number of ether oxygens (including phenoxy) is 3. The van der Waals surface area contributed by atoms with E-state index < -0.39 is 17.5 Å². The van der Waals surface area contributed by atoms with Gasteiger partial charge in [-0.1, -0.05) is 32.9 Å². The van der Waals surface area contributed by atoms with E-state index >= 15 is 0 Å². The van der Waals surface area contributed by atoms with Crippen LogP contribution < -0.4 is 14.8 Å². The lowest BCUT2D eigenvalue weighted by Crippen LogP contribution is -2.27. The highest BCUT2D eigenvalue weighted by Crippen LogP contribution is 2.20. The molecule has 2 N–H and O–H groups in total. The second kappa shape index (κ2) is 10.6. The molecule has 0 aliphatic heterocycles. The molecule has 0 saturated heterocycles. The summed E-state index contributed by atoms with van der Waals surface area (Å²) in [5.41, 5.74) is 1.12. The summed E-state index contributed by atoms with van der Waals surface area (Å²) in [5.74, 6) is 0.324. The Balaban J connectivity index is 1.74. The van der Waals surface area contributed by atoms with Gasteiger partial charge in [0.25, 0.3) is 0 Å². The number of hydrogen-bond acceptors (Lipinski definition) is 5. The Labute approximate surface area is 177 Å². The summed E-state index contributed by atoms with van der Waals surface area (Å²) in [6.07, 6.45) is -0.570. The largest absolute Gasteiger partial charge is 0.490 e. The van der Waals surface area contributed by atoms with E-state index in [-0.39, 0.29) is 5.91 Å². The molecule has 0 fully saturated rings. The van der Waals surface area contributed by atoms with Crippen LogP contribution in [-0.4, -0.2) is 43.4 Å². The molecule has 0 aliphatic rings. The molecule has 0 heterocycles. The first kappa shape index (κ1) is 23.2. The number of amides is 1. The number of carbonyl (C=O) groups is 2. The third-order valence-electron chi connectivity index (χ3n) is 4.32. The van der Waals surface area contributed by atoms with Crippen molar-refractivity contribution in [2.75, 3.05) is 25.6 Å². The average Bonchev–Trinajstić information content (AvgIpc) is 2.70. The summed E-state index contributed by atoms with van der Waals surface area (Å²) >= 11 is 0. The Hall–Kier alpha value is -3.06. The van der Waals surface area contributed by atoms with E-state index in [0.717, 1.165) is 11.3 Å². The molecule has 1 amide bonds. The SMILES string of the molecule is CO[C@@H](Cc1ccc(OCCOc2ccc(NC(=O)C(C)(C)C)cc2)cc1)C(=O)O. The highest BCUT2D eigenvalue weighted by molar-refractivity contribution is 5.94. The van der Waals surface area contributed by atoms with Crippen LogP contribution in [-0.2, 0) is 20.7 Å². The second-order valence-electron chi connectivity index (χ2n) is 7.84. The number of rotatable bonds is 10. The molecule has 2 rings (SSSR count). The van der Waals surface area contributed by atoms with Crippen molar-refractivity contribution in [3.8, 4) is 11.5 Å². The van der Waals surface area contributed by atoms with E-state index in [1.807, 2.05) is 32.9 Å². The molecule has 0 unspecified atom stereocenters. The Morgan fingerprint density at radius 1 is 0.933 bits per heavy atom. The minimum atomic E-state index is -0.986. The van der Waals surface area contributed by atoms with Crippen LogP contribution in [0.3, 0.4) is 0 Å². The topological polar surface area (TPSA) is 94.1 Å². The van der Waals surface area contributed by atoms with Crippen molar-refractivity contribution >= 4 is 17.6 Å². The smallest absolute Gasteiger partial charge is 0.333 e. The molecule has 0 aliphatic carbocycles. The molecule has 2 aromatic carbocycles. The number of methoxy groups -OCH3 is 1. The van der Waals surface area contributed by atoms with Gasteiger partial charge in [0, 0.05) is 24.6 Å². The molecule has 1 atom stereocenters. The lowest BCUT2D eigenvalue weighted by Gasteiger charge is -2.17. The first-order valence-electron chi connectivity index (χ1n) is 9.70. The summed E-state index contributed by atoms with van der Waals surface area (Å²) in [4.78, 5) is 23.0. The number of aliphatic carboxylic acids is 1. The number of hydrogen-bond donors (Lipinski definition) is 2. The molecule has 2 aromatic rings. The van der Waals surface area contributed by atoms with Crippen LogP contribution in [0.5, 0.6) is 11.5 Å². The van der Waals surface area contributed by atoms with Crippen molar-refractivity contribution in [2.24, 2.45) is 5.41 Å². The van der Waals surface area contributed by atoms with Crippen molar-refractivity contribution in [3.05, 3.63) is 54.1 Å². The Kier molecular flexibility index (Phi) is 8.24. The number of carboxylic acid groups (broad SMARTS) is 1. The maximum Gasteiger partial charge on any atom is 0.333 e. The zero-order valence-electron chi connectivity index (χ0n) is 17.8. The van der Waals surface area contributed by atoms with Crippen LogP contribution >= 0.6 is 0 Å². The van der Waals surface area contributed by atoms with Gasteiger partial charge in [0.05, 0.1) is 0 Å². The number of carboxylic acids is 1. The highest BCUT2D eigenvalue weighted by atomic mass is 16.5.